The van der Waals surface area contributed by atoms with Crippen LogP contribution in [0.25, 0.3) is 0 Å². The van der Waals surface area contributed by atoms with Crippen LogP contribution in [0.15, 0.2) is 0 Å². The Morgan fingerprint density at radius 2 is 1.31 bits per heavy atom. The Labute approximate surface area is 188 Å². The number of hydrogen-bond acceptors (Lipinski definition) is 7. The van der Waals surface area contributed by atoms with Crippen molar-refractivity contribution in [2.75, 3.05) is 13.2 Å². The maximum Gasteiger partial charge on any atom is 0.513 e. The normalized spacial score (nSPS) is 13.0. The van der Waals surface area contributed by atoms with E-state index in [0.717, 1.165) is 56.3 Å². The van der Waals surface area contributed by atoms with Crippen LogP contribution in [0.4, 0.5) is 13.2 Å². The largest absolute Gasteiger partial charge is 0.513 e. The van der Waals surface area contributed by atoms with Crippen LogP contribution in [-0.2, 0) is 33.9 Å². The lowest BCUT2D eigenvalue weighted by atomic mass is 10.1. The third-order valence-electron chi connectivity index (χ3n) is 4.44. The summed E-state index contributed by atoms with van der Waals surface area (Å²) in [6.07, 6.45) is 8.05. The van der Waals surface area contributed by atoms with E-state index in [1.807, 2.05) is 0 Å². The Hall–Kier alpha value is -1.40. The number of carbonyl (C=O) groups is 2. The zero-order valence-electron chi connectivity index (χ0n) is 18.9. The summed E-state index contributed by atoms with van der Waals surface area (Å²) in [5.41, 5.74) is -5.55. The zero-order valence-corrected chi connectivity index (χ0v) is 19.7. The molecular formula is C20H36F3NO7S. The van der Waals surface area contributed by atoms with Crippen molar-refractivity contribution in [3.8, 4) is 0 Å². The van der Waals surface area contributed by atoms with Gasteiger partial charge >= 0.3 is 27.5 Å². The Bertz CT molecular complexity index is 627. The summed E-state index contributed by atoms with van der Waals surface area (Å²) in [7, 11) is -5.72. The van der Waals surface area contributed by atoms with Gasteiger partial charge in [-0.05, 0) is 12.8 Å². The summed E-state index contributed by atoms with van der Waals surface area (Å²) < 4.78 is 69.2. The number of halogens is 3. The fourth-order valence-electron chi connectivity index (χ4n) is 2.62. The first-order valence-electron chi connectivity index (χ1n) is 11.1. The van der Waals surface area contributed by atoms with Crippen LogP contribution in [0.2, 0.25) is 0 Å². The quantitative estimate of drug-likeness (QED) is 0.161. The van der Waals surface area contributed by atoms with Gasteiger partial charge in [0.1, 0.15) is 13.2 Å². The topological polar surface area (TPSA) is 108 Å². The molecule has 0 aromatic heterocycles. The van der Waals surface area contributed by atoms with Gasteiger partial charge in [-0.3, -0.25) is 14.4 Å². The number of carbonyl (C=O) groups excluding carboxylic acids is 2. The number of alkyl halides is 3. The second-order valence-corrected chi connectivity index (χ2v) is 9.10. The second kappa shape index (κ2) is 17.1. The molecule has 0 spiro atoms. The van der Waals surface area contributed by atoms with Gasteiger partial charge in [-0.15, -0.1) is 0 Å². The smallest absolute Gasteiger partial charge is 0.462 e. The highest BCUT2D eigenvalue weighted by Crippen LogP contribution is 2.21. The first-order chi connectivity index (χ1) is 15.0. The number of esters is 2. The highest BCUT2D eigenvalue weighted by molar-refractivity contribution is 7.90. The molecule has 0 bridgehead atoms. The van der Waals surface area contributed by atoms with Crippen LogP contribution in [0.5, 0.6) is 0 Å². The van der Waals surface area contributed by atoms with Crippen molar-refractivity contribution in [3.63, 3.8) is 0 Å². The van der Waals surface area contributed by atoms with Crippen molar-refractivity contribution in [3.05, 3.63) is 0 Å². The van der Waals surface area contributed by atoms with E-state index in [2.05, 4.69) is 18.7 Å². The Kier molecular flexibility index (Phi) is 16.4. The van der Waals surface area contributed by atoms with Crippen molar-refractivity contribution in [1.82, 2.24) is 4.89 Å². The highest BCUT2D eigenvalue weighted by atomic mass is 32.2. The molecule has 1 atom stereocenters. The fourth-order valence-corrected chi connectivity index (χ4v) is 2.93. The van der Waals surface area contributed by atoms with E-state index in [9.17, 15) is 31.2 Å². The van der Waals surface area contributed by atoms with E-state index < -0.39 is 46.8 Å². The Morgan fingerprint density at radius 1 is 0.812 bits per heavy atom. The van der Waals surface area contributed by atoms with Crippen LogP contribution in [-0.4, -0.2) is 45.2 Å². The number of sulfonamides is 1. The van der Waals surface area contributed by atoms with Gasteiger partial charge in [0, 0.05) is 12.8 Å². The Morgan fingerprint density at radius 3 is 1.81 bits per heavy atom. The van der Waals surface area contributed by atoms with E-state index in [-0.39, 0.29) is 12.8 Å². The minimum Gasteiger partial charge on any atom is -0.462 e. The number of nitrogens with one attached hydrogen (secondary N) is 1. The number of rotatable bonds is 19. The van der Waals surface area contributed by atoms with Gasteiger partial charge in [0.2, 0.25) is 0 Å². The van der Waals surface area contributed by atoms with E-state index in [0.29, 0.717) is 12.8 Å². The molecule has 12 heteroatoms. The molecule has 0 unspecified atom stereocenters. The molecule has 0 amide bonds. The Balaban J connectivity index is 4.57. The minimum absolute atomic E-state index is 0.0832. The van der Waals surface area contributed by atoms with Crippen LogP contribution in [0.1, 0.15) is 90.9 Å². The van der Waals surface area contributed by atoms with E-state index in [1.165, 1.54) is 0 Å². The average Bonchev–Trinajstić information content (AvgIpc) is 2.70. The van der Waals surface area contributed by atoms with Crippen LogP contribution in [0.3, 0.4) is 0 Å². The predicted octanol–water partition coefficient (Wildman–Crippen LogP) is 4.53. The number of unbranched alkanes of at least 4 members (excludes halogenated alkanes) is 8. The lowest BCUT2D eigenvalue weighted by molar-refractivity contribution is -0.164. The SMILES string of the molecule is CCCCCCCC(=O)OC[C@H](CONS(=O)(=O)C(F)(F)F)OC(=O)CCCCCCC. The molecule has 0 radical (unpaired) electrons. The maximum atomic E-state index is 12.4. The molecule has 190 valence electrons. The summed E-state index contributed by atoms with van der Waals surface area (Å²) in [6, 6.07) is 0. The summed E-state index contributed by atoms with van der Waals surface area (Å²) in [4.78, 5) is 29.1. The van der Waals surface area contributed by atoms with Crippen LogP contribution < -0.4 is 4.89 Å². The first-order valence-corrected chi connectivity index (χ1v) is 12.6. The lowest BCUT2D eigenvalue weighted by Gasteiger charge is -2.18. The van der Waals surface area contributed by atoms with Crippen molar-refractivity contribution in [2.24, 2.45) is 0 Å². The lowest BCUT2D eigenvalue weighted by Crippen LogP contribution is -2.39. The second-order valence-electron chi connectivity index (χ2n) is 7.47. The molecule has 0 aliphatic rings. The van der Waals surface area contributed by atoms with Gasteiger partial charge in [-0.1, -0.05) is 70.1 Å². The molecule has 0 saturated heterocycles. The van der Waals surface area contributed by atoms with Crippen molar-refractivity contribution >= 4 is 22.0 Å². The molecule has 0 aromatic carbocycles. The molecular weight excluding hydrogens is 455 g/mol. The summed E-state index contributed by atoms with van der Waals surface area (Å²) >= 11 is 0. The predicted molar refractivity (Wildman–Crippen MR) is 112 cm³/mol. The average molecular weight is 492 g/mol. The molecule has 32 heavy (non-hydrogen) atoms. The van der Waals surface area contributed by atoms with Crippen molar-refractivity contribution in [2.45, 2.75) is 103 Å². The standard InChI is InChI=1S/C20H36F3NO7S/c1-3-5-7-9-11-13-18(25)29-15-17(16-30-24-32(27,28)20(21,22)23)31-19(26)14-12-10-8-6-4-2/h17,24H,3-16H2,1-2H3/t17-/m1/s1. The highest BCUT2D eigenvalue weighted by Gasteiger charge is 2.46. The van der Waals surface area contributed by atoms with Gasteiger partial charge in [0.15, 0.2) is 6.10 Å². The van der Waals surface area contributed by atoms with Gasteiger partial charge in [-0.25, -0.2) is 8.42 Å². The van der Waals surface area contributed by atoms with Crippen molar-refractivity contribution < 1.29 is 45.5 Å². The molecule has 0 aliphatic heterocycles. The molecule has 1 N–H and O–H groups in total. The molecule has 0 saturated carbocycles. The summed E-state index contributed by atoms with van der Waals surface area (Å²) in [5.74, 6) is -1.18. The first kappa shape index (κ1) is 30.6. The van der Waals surface area contributed by atoms with Gasteiger partial charge in [-0.2, -0.15) is 13.2 Å². The van der Waals surface area contributed by atoms with Gasteiger partial charge < -0.3 is 9.47 Å². The van der Waals surface area contributed by atoms with E-state index in [4.69, 9.17) is 9.47 Å². The van der Waals surface area contributed by atoms with Gasteiger partial charge in [0.25, 0.3) is 0 Å². The number of hydrogen-bond donors (Lipinski definition) is 1. The maximum absolute atomic E-state index is 12.4. The number of ether oxygens (including phenoxy) is 2. The summed E-state index contributed by atoms with van der Waals surface area (Å²) in [6.45, 7) is 2.92. The van der Waals surface area contributed by atoms with Crippen LogP contribution >= 0.6 is 0 Å². The van der Waals surface area contributed by atoms with Crippen LogP contribution in [0, 0.1) is 0 Å². The molecule has 0 heterocycles. The monoisotopic (exact) mass is 491 g/mol. The van der Waals surface area contributed by atoms with E-state index in [1.54, 1.807) is 0 Å². The van der Waals surface area contributed by atoms with E-state index >= 15 is 0 Å². The third-order valence-corrected chi connectivity index (χ3v) is 5.39. The zero-order chi connectivity index (χ0) is 24.5. The molecule has 8 nitrogen and oxygen atoms in total. The van der Waals surface area contributed by atoms with Crippen molar-refractivity contribution in [1.29, 1.82) is 0 Å². The summed E-state index contributed by atoms with van der Waals surface area (Å²) in [5, 5.41) is 0. The molecule has 0 fully saturated rings. The minimum atomic E-state index is -5.72. The molecule has 0 aliphatic carbocycles. The fraction of sp³-hybridized carbons (Fsp3) is 0.900. The third kappa shape index (κ3) is 15.4. The molecule has 0 rings (SSSR count). The molecule has 0 aromatic rings. The van der Waals surface area contributed by atoms with Gasteiger partial charge in [0.05, 0.1) is 0 Å².